The van der Waals surface area contributed by atoms with Gasteiger partial charge in [0.15, 0.2) is 0 Å². The Labute approximate surface area is 416 Å². The molecule has 0 fully saturated rings. The minimum atomic E-state index is -0.833. The molecule has 4 heterocycles. The number of aliphatic hydroxyl groups excluding tert-OH is 1. The smallest absolute Gasteiger partial charge is 0.300 e. The summed E-state index contributed by atoms with van der Waals surface area (Å²) in [5.41, 5.74) is 8.51. The monoisotopic (exact) mass is 1010 g/mol. The number of carbonyl (C=O) groups is 2. The first-order chi connectivity index (χ1) is 31.9. The number of hydrogen-bond donors (Lipinski definition) is 7. The van der Waals surface area contributed by atoms with E-state index >= 15 is 0 Å². The van der Waals surface area contributed by atoms with Crippen LogP contribution in [0.2, 0.25) is 0 Å². The van der Waals surface area contributed by atoms with Crippen LogP contribution in [0.4, 0.5) is 0 Å². The molecule has 0 spiro atoms. The molecular weight excluding hydrogens is 967 g/mol. The van der Waals surface area contributed by atoms with Gasteiger partial charge in [0.2, 0.25) is 0 Å². The summed E-state index contributed by atoms with van der Waals surface area (Å²) in [6.45, 7) is 2.17. The van der Waals surface area contributed by atoms with Crippen LogP contribution in [0, 0.1) is 0 Å². The predicted molar refractivity (Wildman–Crippen MR) is 257 cm³/mol. The molecule has 4 aromatic heterocycles. The number of aliphatic carboxylic acids is 2. The Hall–Kier alpha value is -7.69. The molecule has 0 amide bonds. The third-order valence-electron chi connectivity index (χ3n) is 9.76. The number of rotatable bonds is 4. The third kappa shape index (κ3) is 12.8. The zero-order valence-electron chi connectivity index (χ0n) is 37.3. The molecule has 0 saturated heterocycles. The van der Waals surface area contributed by atoms with Gasteiger partial charge in [0.05, 0.1) is 44.8 Å². The van der Waals surface area contributed by atoms with Crippen LogP contribution in [0.5, 0.6) is 23.0 Å². The zero-order chi connectivity index (χ0) is 47.3. The number of fused-ring (bicyclic) bond motifs is 6. The maximum absolute atomic E-state index is 10.2. The van der Waals surface area contributed by atoms with Gasteiger partial charge in [0.25, 0.3) is 11.9 Å². The van der Waals surface area contributed by atoms with E-state index in [0.29, 0.717) is 45.0 Å². The summed E-state index contributed by atoms with van der Waals surface area (Å²) < 4.78 is 0. The van der Waals surface area contributed by atoms with Crippen molar-refractivity contribution in [1.82, 2.24) is 19.9 Å². The van der Waals surface area contributed by atoms with E-state index in [2.05, 4.69) is 0 Å². The quantitative estimate of drug-likeness (QED) is 0.0644. The van der Waals surface area contributed by atoms with Gasteiger partial charge in [0.1, 0.15) is 23.0 Å². The number of carboxylic acid groups (broad SMARTS) is 2. The van der Waals surface area contributed by atoms with Crippen LogP contribution in [-0.4, -0.2) is 74.7 Å². The second-order valence-corrected chi connectivity index (χ2v) is 14.3. The molecule has 13 nitrogen and oxygen atoms in total. The summed E-state index contributed by atoms with van der Waals surface area (Å²) in [6, 6.07) is 52.2. The van der Waals surface area contributed by atoms with Crippen LogP contribution < -0.4 is 0 Å². The standard InChI is InChI=1S/2C24H16N2O2.2C2H4O2.CH4O.2Zn/c2*27-21-7-3-1-5-17(21)19-13-11-15-9-10-16-12-14-20(26-24(16)23(15)25-19)18-6-2-4-8-22(18)28;2*1-2(3)4;1-2;;/h2*1-14,27-28H;2*1H3,(H,3,4);2H,1H3;;. The van der Waals surface area contributed by atoms with Crippen LogP contribution in [-0.2, 0) is 48.5 Å². The summed E-state index contributed by atoms with van der Waals surface area (Å²) in [4.78, 5) is 37.2. The number of hydrogen-bond acceptors (Lipinski definition) is 11. The number of benzene rings is 6. The largest absolute Gasteiger partial charge is 0.507 e. The van der Waals surface area contributed by atoms with E-state index in [1.165, 1.54) is 0 Å². The number of aromatic hydroxyl groups is 4. The summed E-state index contributed by atoms with van der Waals surface area (Å²) in [5.74, 6) is -0.898. The maximum Gasteiger partial charge on any atom is 0.300 e. The maximum atomic E-state index is 10.2. The average Bonchev–Trinajstić information content (AvgIpc) is 3.32. The molecule has 7 N–H and O–H groups in total. The molecular formula is C53H44N4O9Zn2. The van der Waals surface area contributed by atoms with E-state index in [-0.39, 0.29) is 62.0 Å². The predicted octanol–water partition coefficient (Wildman–Crippen LogP) is 10.8. The van der Waals surface area contributed by atoms with E-state index in [9.17, 15) is 20.4 Å². The van der Waals surface area contributed by atoms with Gasteiger partial charge >= 0.3 is 0 Å². The van der Waals surface area contributed by atoms with Crippen molar-refractivity contribution in [2.75, 3.05) is 7.11 Å². The second-order valence-electron chi connectivity index (χ2n) is 14.3. The molecule has 0 saturated carbocycles. The number of phenolic OH excluding ortho intramolecular Hbond substituents is 4. The number of aromatic nitrogens is 4. The van der Waals surface area contributed by atoms with Crippen LogP contribution in [0.25, 0.3) is 88.6 Å². The first-order valence-electron chi connectivity index (χ1n) is 20.3. The summed E-state index contributed by atoms with van der Waals surface area (Å²) in [7, 11) is 1.00. The minimum absolute atomic E-state index is 0. The van der Waals surface area contributed by atoms with E-state index in [1.807, 2.05) is 121 Å². The topological polar surface area (TPSA) is 227 Å². The van der Waals surface area contributed by atoms with Gasteiger partial charge in [-0.1, -0.05) is 97.1 Å². The van der Waals surface area contributed by atoms with Crippen molar-refractivity contribution in [2.24, 2.45) is 0 Å². The molecule has 0 unspecified atom stereocenters. The fraction of sp³-hybridized carbons (Fsp3) is 0.0566. The van der Waals surface area contributed by atoms with E-state index < -0.39 is 11.9 Å². The van der Waals surface area contributed by atoms with Gasteiger partial charge in [0, 0.05) is 104 Å². The van der Waals surface area contributed by atoms with Gasteiger partial charge in [-0.25, -0.2) is 19.9 Å². The molecule has 68 heavy (non-hydrogen) atoms. The van der Waals surface area contributed by atoms with Crippen LogP contribution in [0.1, 0.15) is 13.8 Å². The Balaban J connectivity index is 0.000000243. The number of para-hydroxylation sites is 4. The van der Waals surface area contributed by atoms with E-state index in [4.69, 9.17) is 44.8 Å². The summed E-state index contributed by atoms with van der Waals surface area (Å²) in [5, 5.41) is 66.5. The van der Waals surface area contributed by atoms with Crippen molar-refractivity contribution in [3.05, 3.63) is 170 Å². The average molecular weight is 1010 g/mol. The van der Waals surface area contributed by atoms with Crippen LogP contribution in [0.15, 0.2) is 170 Å². The van der Waals surface area contributed by atoms with Gasteiger partial charge in [-0.05, 0) is 72.8 Å². The van der Waals surface area contributed by atoms with Crippen LogP contribution >= 0.6 is 0 Å². The van der Waals surface area contributed by atoms with Crippen molar-refractivity contribution >= 4 is 55.6 Å². The molecule has 10 rings (SSSR count). The third-order valence-corrected chi connectivity index (χ3v) is 9.76. The molecule has 334 valence electrons. The normalized spacial score (nSPS) is 10.0. The number of aliphatic hydroxyl groups is 1. The Bertz CT molecular complexity index is 2920. The Morgan fingerprint density at radius 3 is 0.662 bits per heavy atom. The summed E-state index contributed by atoms with van der Waals surface area (Å²) >= 11 is 0. The molecule has 0 radical (unpaired) electrons. The molecule has 0 aliphatic heterocycles. The van der Waals surface area contributed by atoms with Crippen molar-refractivity contribution < 1.29 is 84.3 Å². The van der Waals surface area contributed by atoms with Gasteiger partial charge in [-0.2, -0.15) is 0 Å². The van der Waals surface area contributed by atoms with Crippen molar-refractivity contribution in [3.8, 4) is 68.0 Å². The summed E-state index contributed by atoms with van der Waals surface area (Å²) in [6.07, 6.45) is 0. The SMILES string of the molecule is CC(=O)O.CC(=O)O.CO.Oc1ccccc1-c1ccc2ccc3ccc(-c4ccccc4O)nc3c2n1.Oc1ccccc1-c1ccc2ccc3ccc(-c4ccccc4O)nc3c2n1.[Zn].[Zn]. The van der Waals surface area contributed by atoms with Crippen molar-refractivity contribution in [1.29, 1.82) is 0 Å². The Morgan fingerprint density at radius 1 is 0.324 bits per heavy atom. The number of pyridine rings is 4. The minimum Gasteiger partial charge on any atom is -0.507 e. The zero-order valence-corrected chi connectivity index (χ0v) is 43.3. The molecule has 0 aliphatic rings. The Kier molecular flexibility index (Phi) is 19.2. The molecule has 0 atom stereocenters. The molecule has 6 aromatic carbocycles. The van der Waals surface area contributed by atoms with Gasteiger partial charge < -0.3 is 35.7 Å². The van der Waals surface area contributed by atoms with Gasteiger partial charge in [-0.15, -0.1) is 0 Å². The van der Waals surface area contributed by atoms with E-state index in [1.54, 1.807) is 48.5 Å². The number of phenols is 4. The first kappa shape index (κ1) is 52.9. The van der Waals surface area contributed by atoms with E-state index in [0.717, 1.165) is 64.6 Å². The fourth-order valence-corrected chi connectivity index (χ4v) is 6.90. The van der Waals surface area contributed by atoms with Crippen molar-refractivity contribution in [2.45, 2.75) is 13.8 Å². The molecule has 10 aromatic rings. The first-order valence-corrected chi connectivity index (χ1v) is 20.3. The fourth-order valence-electron chi connectivity index (χ4n) is 6.90. The van der Waals surface area contributed by atoms with Crippen LogP contribution in [0.3, 0.4) is 0 Å². The Morgan fingerprint density at radius 2 is 0.485 bits per heavy atom. The number of carboxylic acids is 2. The van der Waals surface area contributed by atoms with Gasteiger partial charge in [-0.3, -0.25) is 9.59 Å². The molecule has 0 aliphatic carbocycles. The second kappa shape index (κ2) is 24.7. The molecule has 15 heteroatoms. The number of nitrogens with zero attached hydrogens (tertiary/aromatic N) is 4. The molecule has 0 bridgehead atoms. The van der Waals surface area contributed by atoms with Crippen molar-refractivity contribution in [3.63, 3.8) is 0 Å².